The average molecular weight is 178 g/mol. The molecule has 0 aromatic carbocycles. The maximum Gasteiger partial charge on any atom is 0.144 e. The van der Waals surface area contributed by atoms with Gasteiger partial charge in [-0.1, -0.05) is 0 Å². The highest BCUT2D eigenvalue weighted by Crippen LogP contribution is 2.06. The van der Waals surface area contributed by atoms with Crippen molar-refractivity contribution in [2.45, 2.75) is 6.92 Å². The van der Waals surface area contributed by atoms with Crippen LogP contribution in [0.4, 0.5) is 10.2 Å². The predicted octanol–water partition coefficient (Wildman–Crippen LogP) is 1.24. The Balaban J connectivity index is 0.000001000. The lowest BCUT2D eigenvalue weighted by Crippen LogP contribution is -2.09. The van der Waals surface area contributed by atoms with E-state index >= 15 is 0 Å². The van der Waals surface area contributed by atoms with E-state index in [-0.39, 0.29) is 18.2 Å². The number of nitrogens with one attached hydrogen (secondary N) is 1. The molecular weight excluding hydrogens is 169 g/mol. The summed E-state index contributed by atoms with van der Waals surface area (Å²) < 4.78 is 12.5. The molecule has 3 nitrogen and oxygen atoms in total. The first kappa shape index (κ1) is 10.1. The average Bonchev–Trinajstić information content (AvgIpc) is 1.95. The van der Waals surface area contributed by atoms with Crippen LogP contribution in [-0.4, -0.2) is 4.98 Å². The first-order valence-corrected chi connectivity index (χ1v) is 2.84. The zero-order valence-electron chi connectivity index (χ0n) is 5.97. The number of anilines is 1. The minimum absolute atomic E-state index is 0. The fraction of sp³-hybridized carbons (Fsp3) is 0.167. The van der Waals surface area contributed by atoms with E-state index in [0.29, 0.717) is 11.5 Å². The van der Waals surface area contributed by atoms with Crippen molar-refractivity contribution in [2.24, 2.45) is 5.84 Å². The highest BCUT2D eigenvalue weighted by molar-refractivity contribution is 5.85. The quantitative estimate of drug-likeness (QED) is 0.501. The molecule has 1 heterocycles. The molecule has 0 aliphatic carbocycles. The number of halogens is 2. The van der Waals surface area contributed by atoms with Crippen molar-refractivity contribution >= 4 is 18.2 Å². The summed E-state index contributed by atoms with van der Waals surface area (Å²) in [5.74, 6) is 5.18. The standard InChI is InChI=1S/C6H8FN3.ClH/c1-4-5(7)2-3-6(9-4)10-8;/h2-3H,8H2,1H3,(H,9,10);1H. The third-order valence-electron chi connectivity index (χ3n) is 1.17. The van der Waals surface area contributed by atoms with Gasteiger partial charge in [0.05, 0.1) is 5.69 Å². The van der Waals surface area contributed by atoms with Crippen LogP contribution in [0.5, 0.6) is 0 Å². The van der Waals surface area contributed by atoms with Crippen molar-refractivity contribution in [2.75, 3.05) is 5.43 Å². The molecule has 0 radical (unpaired) electrons. The maximum atomic E-state index is 12.5. The minimum atomic E-state index is -0.320. The Morgan fingerprint density at radius 3 is 2.64 bits per heavy atom. The molecule has 5 heteroatoms. The van der Waals surface area contributed by atoms with E-state index < -0.39 is 0 Å². The largest absolute Gasteiger partial charge is 0.308 e. The van der Waals surface area contributed by atoms with Crippen LogP contribution in [0.2, 0.25) is 0 Å². The summed E-state index contributed by atoms with van der Waals surface area (Å²) in [7, 11) is 0. The Morgan fingerprint density at radius 1 is 1.55 bits per heavy atom. The van der Waals surface area contributed by atoms with E-state index in [2.05, 4.69) is 10.4 Å². The molecule has 0 unspecified atom stereocenters. The van der Waals surface area contributed by atoms with Crippen molar-refractivity contribution in [3.8, 4) is 0 Å². The zero-order chi connectivity index (χ0) is 7.56. The van der Waals surface area contributed by atoms with E-state index in [4.69, 9.17) is 5.84 Å². The Kier molecular flexibility index (Phi) is 3.78. The second-order valence-electron chi connectivity index (χ2n) is 1.91. The number of hydrogen-bond donors (Lipinski definition) is 2. The summed E-state index contributed by atoms with van der Waals surface area (Å²) in [6.07, 6.45) is 0. The summed E-state index contributed by atoms with van der Waals surface area (Å²) in [6, 6.07) is 2.79. The van der Waals surface area contributed by atoms with Crippen molar-refractivity contribution < 1.29 is 4.39 Å². The van der Waals surface area contributed by atoms with Gasteiger partial charge in [-0.05, 0) is 19.1 Å². The first-order valence-electron chi connectivity index (χ1n) is 2.84. The molecule has 0 spiro atoms. The summed E-state index contributed by atoms with van der Waals surface area (Å²) in [5.41, 5.74) is 2.66. The van der Waals surface area contributed by atoms with Gasteiger partial charge in [-0.3, -0.25) is 0 Å². The molecule has 62 valence electrons. The number of hydrazine groups is 1. The molecule has 1 aromatic rings. The highest BCUT2D eigenvalue weighted by atomic mass is 35.5. The van der Waals surface area contributed by atoms with Crippen LogP contribution in [0.25, 0.3) is 0 Å². The second kappa shape index (κ2) is 4.10. The SMILES string of the molecule is Cc1nc(NN)ccc1F.Cl. The van der Waals surface area contributed by atoms with Gasteiger partial charge in [0.15, 0.2) is 0 Å². The van der Waals surface area contributed by atoms with Crippen LogP contribution in [-0.2, 0) is 0 Å². The molecule has 0 bridgehead atoms. The number of aryl methyl sites for hydroxylation is 1. The third kappa shape index (κ3) is 2.32. The van der Waals surface area contributed by atoms with Crippen LogP contribution in [0, 0.1) is 12.7 Å². The van der Waals surface area contributed by atoms with E-state index in [1.165, 1.54) is 12.1 Å². The van der Waals surface area contributed by atoms with Crippen LogP contribution in [0.3, 0.4) is 0 Å². The van der Waals surface area contributed by atoms with Gasteiger partial charge in [-0.25, -0.2) is 15.2 Å². The van der Waals surface area contributed by atoms with Gasteiger partial charge in [0.1, 0.15) is 11.6 Å². The molecule has 0 atom stereocenters. The lowest BCUT2D eigenvalue weighted by molar-refractivity contribution is 0.610. The lowest BCUT2D eigenvalue weighted by atomic mass is 10.3. The van der Waals surface area contributed by atoms with Crippen molar-refractivity contribution in [3.05, 3.63) is 23.6 Å². The molecule has 0 amide bonds. The van der Waals surface area contributed by atoms with Crippen LogP contribution >= 0.6 is 12.4 Å². The van der Waals surface area contributed by atoms with Gasteiger partial charge in [0.25, 0.3) is 0 Å². The van der Waals surface area contributed by atoms with E-state index in [1.54, 1.807) is 6.92 Å². The highest BCUT2D eigenvalue weighted by Gasteiger charge is 1.97. The van der Waals surface area contributed by atoms with Crippen LogP contribution < -0.4 is 11.3 Å². The number of pyridine rings is 1. The normalized spacial score (nSPS) is 8.64. The molecule has 3 N–H and O–H groups in total. The lowest BCUT2D eigenvalue weighted by Gasteiger charge is -1.99. The van der Waals surface area contributed by atoms with E-state index in [1.807, 2.05) is 0 Å². The number of nitrogens with zero attached hydrogens (tertiary/aromatic N) is 1. The molecule has 1 aromatic heterocycles. The predicted molar refractivity (Wildman–Crippen MR) is 44.0 cm³/mol. The summed E-state index contributed by atoms with van der Waals surface area (Å²) in [5, 5.41) is 0. The molecule has 0 aliphatic rings. The van der Waals surface area contributed by atoms with E-state index in [9.17, 15) is 4.39 Å². The fourth-order valence-electron chi connectivity index (χ4n) is 0.624. The Hall–Kier alpha value is -0.870. The second-order valence-corrected chi connectivity index (χ2v) is 1.91. The maximum absolute atomic E-state index is 12.5. The number of rotatable bonds is 1. The van der Waals surface area contributed by atoms with E-state index in [0.717, 1.165) is 0 Å². The van der Waals surface area contributed by atoms with Gasteiger partial charge < -0.3 is 5.43 Å². The van der Waals surface area contributed by atoms with Crippen LogP contribution in [0.1, 0.15) is 5.69 Å². The van der Waals surface area contributed by atoms with Gasteiger partial charge in [-0.15, -0.1) is 12.4 Å². The van der Waals surface area contributed by atoms with Gasteiger partial charge in [0.2, 0.25) is 0 Å². The number of aromatic nitrogens is 1. The molecule has 11 heavy (non-hydrogen) atoms. The zero-order valence-corrected chi connectivity index (χ0v) is 6.78. The minimum Gasteiger partial charge on any atom is -0.308 e. The first-order chi connectivity index (χ1) is 4.74. The topological polar surface area (TPSA) is 50.9 Å². The molecule has 0 saturated carbocycles. The van der Waals surface area contributed by atoms with Gasteiger partial charge in [-0.2, -0.15) is 0 Å². The van der Waals surface area contributed by atoms with Crippen molar-refractivity contribution in [1.29, 1.82) is 0 Å². The number of nitrogens with two attached hydrogens (primary N) is 1. The number of hydrogen-bond acceptors (Lipinski definition) is 3. The molecule has 0 fully saturated rings. The summed E-state index contributed by atoms with van der Waals surface area (Å²) >= 11 is 0. The molecule has 0 aliphatic heterocycles. The Bertz CT molecular complexity index is 241. The van der Waals surface area contributed by atoms with Gasteiger partial charge >= 0.3 is 0 Å². The van der Waals surface area contributed by atoms with Gasteiger partial charge in [0, 0.05) is 0 Å². The van der Waals surface area contributed by atoms with Crippen molar-refractivity contribution in [3.63, 3.8) is 0 Å². The Labute approximate surface area is 70.2 Å². The number of nitrogen functional groups attached to an aromatic ring is 1. The third-order valence-corrected chi connectivity index (χ3v) is 1.17. The summed E-state index contributed by atoms with van der Waals surface area (Å²) in [6.45, 7) is 1.58. The molecule has 0 saturated heterocycles. The molecule has 1 rings (SSSR count). The monoisotopic (exact) mass is 177 g/mol. The van der Waals surface area contributed by atoms with Crippen molar-refractivity contribution in [1.82, 2.24) is 4.98 Å². The molecular formula is C6H9ClFN3. The summed E-state index contributed by atoms with van der Waals surface area (Å²) in [4.78, 5) is 3.78. The smallest absolute Gasteiger partial charge is 0.144 e. The van der Waals surface area contributed by atoms with Crippen LogP contribution in [0.15, 0.2) is 12.1 Å². The fourth-order valence-corrected chi connectivity index (χ4v) is 0.624. The Morgan fingerprint density at radius 2 is 2.18 bits per heavy atom.